The maximum atomic E-state index is 12.4. The number of nitriles is 1. The second-order valence-corrected chi connectivity index (χ2v) is 7.26. The van der Waals surface area contributed by atoms with Crippen LogP contribution in [-0.4, -0.2) is 22.0 Å². The summed E-state index contributed by atoms with van der Waals surface area (Å²) < 4.78 is 0. The fourth-order valence-electron chi connectivity index (χ4n) is 2.31. The first-order chi connectivity index (χ1) is 12.2. The van der Waals surface area contributed by atoms with Gasteiger partial charge in [0.2, 0.25) is 11.8 Å². The molecule has 0 aliphatic heterocycles. The van der Waals surface area contributed by atoms with Gasteiger partial charge in [-0.05, 0) is 63.1 Å². The summed E-state index contributed by atoms with van der Waals surface area (Å²) in [6, 6.07) is 8.53. The predicted molar refractivity (Wildman–Crippen MR) is 102 cm³/mol. The van der Waals surface area contributed by atoms with Crippen LogP contribution in [0.15, 0.2) is 29.3 Å². The van der Waals surface area contributed by atoms with Crippen LogP contribution >= 0.6 is 11.8 Å². The van der Waals surface area contributed by atoms with Crippen LogP contribution in [0.4, 0.5) is 5.69 Å². The molecule has 0 fully saturated rings. The van der Waals surface area contributed by atoms with Gasteiger partial charge >= 0.3 is 0 Å². The molecule has 1 aromatic heterocycles. The molecule has 0 bridgehead atoms. The number of carbonyl (C=O) groups excluding carboxylic acids is 2. The van der Waals surface area contributed by atoms with Crippen molar-refractivity contribution in [3.63, 3.8) is 0 Å². The van der Waals surface area contributed by atoms with Gasteiger partial charge in [0.25, 0.3) is 0 Å². The lowest BCUT2D eigenvalue weighted by Gasteiger charge is -2.15. The summed E-state index contributed by atoms with van der Waals surface area (Å²) in [6.45, 7) is 7.46. The highest BCUT2D eigenvalue weighted by Gasteiger charge is 2.20. The highest BCUT2D eigenvalue weighted by atomic mass is 32.2. The van der Waals surface area contributed by atoms with Gasteiger partial charge in [-0.25, -0.2) is 4.98 Å². The number of amides is 2. The molecule has 0 radical (unpaired) electrons. The minimum Gasteiger partial charge on any atom is -0.366 e. The number of hydrogen-bond acceptors (Lipinski definition) is 5. The van der Waals surface area contributed by atoms with Crippen LogP contribution in [0.25, 0.3) is 0 Å². The first-order valence-corrected chi connectivity index (χ1v) is 8.87. The molecule has 134 valence electrons. The molecule has 0 spiro atoms. The third-order valence-electron chi connectivity index (χ3n) is 4.17. The molecule has 0 saturated heterocycles. The smallest absolute Gasteiger partial charge is 0.248 e. The molecule has 0 saturated carbocycles. The summed E-state index contributed by atoms with van der Waals surface area (Å²) in [4.78, 5) is 28.0. The van der Waals surface area contributed by atoms with Gasteiger partial charge in [-0.1, -0.05) is 11.8 Å². The van der Waals surface area contributed by atoms with E-state index in [1.807, 2.05) is 20.8 Å². The average Bonchev–Trinajstić information content (AvgIpc) is 2.60. The van der Waals surface area contributed by atoms with Crippen molar-refractivity contribution in [1.29, 1.82) is 5.26 Å². The van der Waals surface area contributed by atoms with Crippen LogP contribution in [0.5, 0.6) is 0 Å². The monoisotopic (exact) mass is 368 g/mol. The van der Waals surface area contributed by atoms with E-state index in [1.165, 1.54) is 11.8 Å². The van der Waals surface area contributed by atoms with Crippen LogP contribution in [-0.2, 0) is 4.79 Å². The van der Waals surface area contributed by atoms with Crippen molar-refractivity contribution in [2.45, 2.75) is 38.0 Å². The molecule has 3 N–H and O–H groups in total. The Bertz CT molecular complexity index is 901. The van der Waals surface area contributed by atoms with E-state index in [2.05, 4.69) is 16.4 Å². The highest BCUT2D eigenvalue weighted by Crippen LogP contribution is 2.29. The number of aryl methyl sites for hydroxylation is 1. The van der Waals surface area contributed by atoms with Crippen LogP contribution in [0.2, 0.25) is 0 Å². The van der Waals surface area contributed by atoms with Gasteiger partial charge in [0.15, 0.2) is 0 Å². The third-order valence-corrected chi connectivity index (χ3v) is 5.26. The Morgan fingerprint density at radius 1 is 1.19 bits per heavy atom. The SMILES string of the molecule is Cc1nc(S[C@@H](C)C(=O)Nc2ccc(C(N)=O)cc2)c(C#N)c(C)c1C. The average molecular weight is 368 g/mol. The number of primary amides is 1. The number of nitrogens with one attached hydrogen (secondary N) is 1. The Labute approximate surface area is 156 Å². The quantitative estimate of drug-likeness (QED) is 0.788. The molecule has 0 aliphatic carbocycles. The fourth-order valence-corrected chi connectivity index (χ4v) is 3.32. The van der Waals surface area contributed by atoms with E-state index in [0.717, 1.165) is 16.8 Å². The molecule has 6 nitrogen and oxygen atoms in total. The van der Waals surface area contributed by atoms with Gasteiger partial charge in [-0.15, -0.1) is 0 Å². The van der Waals surface area contributed by atoms with Crippen molar-refractivity contribution in [2.75, 3.05) is 5.32 Å². The lowest BCUT2D eigenvalue weighted by atomic mass is 10.1. The molecule has 1 atom stereocenters. The summed E-state index contributed by atoms with van der Waals surface area (Å²) in [5.74, 6) is -0.740. The molecule has 2 aromatic rings. The number of nitrogens with two attached hydrogens (primary N) is 1. The Morgan fingerprint density at radius 3 is 2.35 bits per heavy atom. The lowest BCUT2D eigenvalue weighted by Crippen LogP contribution is -2.23. The summed E-state index contributed by atoms with van der Waals surface area (Å²) in [7, 11) is 0. The Morgan fingerprint density at radius 2 is 1.81 bits per heavy atom. The normalized spacial score (nSPS) is 11.5. The number of hydrogen-bond donors (Lipinski definition) is 2. The molecule has 0 unspecified atom stereocenters. The minimum atomic E-state index is -0.521. The van der Waals surface area contributed by atoms with Crippen molar-refractivity contribution in [1.82, 2.24) is 4.98 Å². The standard InChI is InChI=1S/C19H20N4O2S/c1-10-11(2)16(9-20)19(22-12(10)3)26-13(4)18(25)23-15-7-5-14(6-8-15)17(21)24/h5-8,13H,1-4H3,(H2,21,24)(H,23,25)/t13-/m0/s1. The zero-order valence-electron chi connectivity index (χ0n) is 15.1. The van der Waals surface area contributed by atoms with Gasteiger partial charge in [0.05, 0.1) is 10.8 Å². The van der Waals surface area contributed by atoms with Crippen molar-refractivity contribution in [3.8, 4) is 6.07 Å². The summed E-state index contributed by atoms with van der Waals surface area (Å²) in [5.41, 5.74) is 9.36. The molecule has 2 rings (SSSR count). The number of anilines is 1. The third kappa shape index (κ3) is 4.21. The molecule has 26 heavy (non-hydrogen) atoms. The van der Waals surface area contributed by atoms with Gasteiger partial charge in [-0.2, -0.15) is 5.26 Å². The highest BCUT2D eigenvalue weighted by molar-refractivity contribution is 8.00. The number of nitrogens with zero attached hydrogens (tertiary/aromatic N) is 2. The van der Waals surface area contributed by atoms with Crippen molar-refractivity contribution < 1.29 is 9.59 Å². The number of rotatable bonds is 5. The van der Waals surface area contributed by atoms with Crippen LogP contribution in [0.1, 0.15) is 39.7 Å². The molecular weight excluding hydrogens is 348 g/mol. The maximum Gasteiger partial charge on any atom is 0.248 e. The van der Waals surface area contributed by atoms with E-state index in [1.54, 1.807) is 31.2 Å². The molecule has 1 aromatic carbocycles. The first-order valence-electron chi connectivity index (χ1n) is 7.99. The minimum absolute atomic E-state index is 0.219. The summed E-state index contributed by atoms with van der Waals surface area (Å²) in [5, 5.41) is 12.3. The second-order valence-electron chi connectivity index (χ2n) is 5.93. The summed E-state index contributed by atoms with van der Waals surface area (Å²) >= 11 is 1.25. The van der Waals surface area contributed by atoms with E-state index < -0.39 is 11.2 Å². The number of aromatic nitrogens is 1. The van der Waals surface area contributed by atoms with Gasteiger partial charge < -0.3 is 11.1 Å². The van der Waals surface area contributed by atoms with Crippen molar-refractivity contribution in [2.24, 2.45) is 5.73 Å². The van der Waals surface area contributed by atoms with Crippen LogP contribution < -0.4 is 11.1 Å². The number of benzene rings is 1. The number of thioether (sulfide) groups is 1. The Kier molecular flexibility index (Phi) is 6.01. The lowest BCUT2D eigenvalue weighted by molar-refractivity contribution is -0.115. The topological polar surface area (TPSA) is 109 Å². The number of carbonyl (C=O) groups is 2. The predicted octanol–water partition coefficient (Wildman–Crippen LogP) is 3.10. The van der Waals surface area contributed by atoms with Gasteiger partial charge in [0.1, 0.15) is 11.1 Å². The molecule has 0 aliphatic rings. The van der Waals surface area contributed by atoms with E-state index in [0.29, 0.717) is 21.8 Å². The zero-order valence-corrected chi connectivity index (χ0v) is 15.9. The van der Waals surface area contributed by atoms with Gasteiger partial charge in [-0.3, -0.25) is 9.59 Å². The summed E-state index contributed by atoms with van der Waals surface area (Å²) in [6.07, 6.45) is 0. The maximum absolute atomic E-state index is 12.4. The second kappa shape index (κ2) is 8.02. The Balaban J connectivity index is 2.15. The molecule has 2 amide bonds. The zero-order chi connectivity index (χ0) is 19.4. The van der Waals surface area contributed by atoms with Crippen molar-refractivity contribution in [3.05, 3.63) is 52.2 Å². The Hall–Kier alpha value is -2.85. The molecule has 1 heterocycles. The van der Waals surface area contributed by atoms with E-state index >= 15 is 0 Å². The molecular formula is C19H20N4O2S. The largest absolute Gasteiger partial charge is 0.366 e. The van der Waals surface area contributed by atoms with E-state index in [4.69, 9.17) is 5.73 Å². The van der Waals surface area contributed by atoms with Crippen LogP contribution in [0, 0.1) is 32.1 Å². The van der Waals surface area contributed by atoms with E-state index in [9.17, 15) is 14.9 Å². The fraction of sp³-hybridized carbons (Fsp3) is 0.263. The van der Waals surface area contributed by atoms with Crippen LogP contribution in [0.3, 0.4) is 0 Å². The molecule has 7 heteroatoms. The number of pyridine rings is 1. The van der Waals surface area contributed by atoms with E-state index in [-0.39, 0.29) is 5.91 Å². The van der Waals surface area contributed by atoms with Crippen molar-refractivity contribution >= 4 is 29.3 Å². The van der Waals surface area contributed by atoms with Gasteiger partial charge in [0, 0.05) is 16.9 Å². The first kappa shape index (κ1) is 19.5.